The molecule has 1 saturated heterocycles. The van der Waals surface area contributed by atoms with Gasteiger partial charge >= 0.3 is 0 Å². The van der Waals surface area contributed by atoms with Crippen LogP contribution in [0.3, 0.4) is 0 Å². The van der Waals surface area contributed by atoms with Crippen LogP contribution in [-0.4, -0.2) is 25.0 Å². The lowest BCUT2D eigenvalue weighted by Gasteiger charge is -2.10. The van der Waals surface area contributed by atoms with Crippen molar-refractivity contribution in [3.05, 3.63) is 32.9 Å². The zero-order valence-corrected chi connectivity index (χ0v) is 13.0. The lowest BCUT2D eigenvalue weighted by molar-refractivity contribution is 0.0945. The summed E-state index contributed by atoms with van der Waals surface area (Å²) in [7, 11) is 0. The predicted octanol–water partition coefficient (Wildman–Crippen LogP) is 1.97. The average molecular weight is 379 g/mol. The maximum absolute atomic E-state index is 12.2. The number of benzene rings is 1. The van der Waals surface area contributed by atoms with Crippen LogP contribution >= 0.6 is 35.0 Å². The SMILES string of the molecule is Cc1cccc(C(=O)NC2C3CNCC32)c1I.Cl. The van der Waals surface area contributed by atoms with E-state index in [1.54, 1.807) is 0 Å². The lowest BCUT2D eigenvalue weighted by Crippen LogP contribution is -2.33. The molecule has 98 valence electrons. The van der Waals surface area contributed by atoms with E-state index >= 15 is 0 Å². The van der Waals surface area contributed by atoms with Gasteiger partial charge in [-0.25, -0.2) is 0 Å². The number of hydrogen-bond acceptors (Lipinski definition) is 2. The summed E-state index contributed by atoms with van der Waals surface area (Å²) >= 11 is 2.25. The highest BCUT2D eigenvalue weighted by atomic mass is 127. The van der Waals surface area contributed by atoms with Gasteiger partial charge < -0.3 is 10.6 Å². The first-order valence-corrected chi connectivity index (χ1v) is 7.03. The van der Waals surface area contributed by atoms with Gasteiger partial charge in [0.1, 0.15) is 0 Å². The van der Waals surface area contributed by atoms with Gasteiger partial charge in [0.05, 0.1) is 5.56 Å². The van der Waals surface area contributed by atoms with Crippen LogP contribution < -0.4 is 10.6 Å². The summed E-state index contributed by atoms with van der Waals surface area (Å²) in [6.45, 7) is 4.15. The first kappa shape index (κ1) is 14.1. The Kier molecular flexibility index (Phi) is 4.18. The van der Waals surface area contributed by atoms with Crippen molar-refractivity contribution in [3.63, 3.8) is 0 Å². The van der Waals surface area contributed by atoms with E-state index in [4.69, 9.17) is 0 Å². The number of carbonyl (C=O) groups is 1. The predicted molar refractivity (Wildman–Crippen MR) is 82.2 cm³/mol. The molecule has 1 amide bonds. The van der Waals surface area contributed by atoms with Crippen LogP contribution in [0.5, 0.6) is 0 Å². The van der Waals surface area contributed by atoms with E-state index in [1.807, 2.05) is 25.1 Å². The van der Waals surface area contributed by atoms with Crippen LogP contribution in [0.4, 0.5) is 0 Å². The van der Waals surface area contributed by atoms with E-state index in [2.05, 4.69) is 33.2 Å². The number of aryl methyl sites for hydroxylation is 1. The normalized spacial score (nSPS) is 28.2. The Balaban J connectivity index is 0.00000120. The Labute approximate surface area is 127 Å². The molecule has 1 heterocycles. The average Bonchev–Trinajstić information content (AvgIpc) is 2.76. The summed E-state index contributed by atoms with van der Waals surface area (Å²) in [5, 5.41) is 6.49. The largest absolute Gasteiger partial charge is 0.349 e. The van der Waals surface area contributed by atoms with Crippen molar-refractivity contribution < 1.29 is 4.79 Å². The molecule has 2 N–H and O–H groups in total. The number of halogens is 2. The molecular formula is C13H16ClIN2O. The number of hydrogen-bond donors (Lipinski definition) is 2. The van der Waals surface area contributed by atoms with Crippen LogP contribution in [0.25, 0.3) is 0 Å². The monoisotopic (exact) mass is 378 g/mol. The minimum absolute atomic E-state index is 0. The Morgan fingerprint density at radius 3 is 2.72 bits per heavy atom. The number of rotatable bonds is 2. The van der Waals surface area contributed by atoms with Crippen LogP contribution in [0.1, 0.15) is 15.9 Å². The molecule has 0 radical (unpaired) electrons. The summed E-state index contributed by atoms with van der Waals surface area (Å²) in [4.78, 5) is 12.2. The lowest BCUT2D eigenvalue weighted by atomic mass is 10.1. The fourth-order valence-corrected chi connectivity index (χ4v) is 3.29. The fourth-order valence-electron chi connectivity index (χ4n) is 2.68. The fraction of sp³-hybridized carbons (Fsp3) is 0.462. The number of carbonyl (C=O) groups excluding carboxylic acids is 1. The first-order chi connectivity index (χ1) is 8.18. The number of nitrogens with one attached hydrogen (secondary N) is 2. The zero-order chi connectivity index (χ0) is 12.0. The second-order valence-corrected chi connectivity index (χ2v) is 6.00. The van der Waals surface area contributed by atoms with Crippen molar-refractivity contribution in [2.45, 2.75) is 13.0 Å². The standard InChI is InChI=1S/C13H15IN2O.ClH/c1-7-3-2-4-8(11(7)14)13(17)16-12-9-5-15-6-10(9)12;/h2-4,9-10,12,15H,5-6H2,1H3,(H,16,17);1H. The summed E-state index contributed by atoms with van der Waals surface area (Å²) in [6.07, 6.45) is 0. The molecule has 3 nitrogen and oxygen atoms in total. The van der Waals surface area contributed by atoms with Gasteiger partial charge in [-0.1, -0.05) is 12.1 Å². The van der Waals surface area contributed by atoms with Gasteiger partial charge in [0, 0.05) is 22.7 Å². The summed E-state index contributed by atoms with van der Waals surface area (Å²) in [5.41, 5.74) is 1.97. The molecule has 0 bridgehead atoms. The van der Waals surface area contributed by atoms with Crippen LogP contribution in [0.2, 0.25) is 0 Å². The van der Waals surface area contributed by atoms with Gasteiger partial charge in [-0.15, -0.1) is 12.4 Å². The summed E-state index contributed by atoms with van der Waals surface area (Å²) < 4.78 is 1.06. The van der Waals surface area contributed by atoms with Gasteiger partial charge in [0.2, 0.25) is 0 Å². The van der Waals surface area contributed by atoms with E-state index in [1.165, 1.54) is 0 Å². The summed E-state index contributed by atoms with van der Waals surface area (Å²) in [6, 6.07) is 6.29. The van der Waals surface area contributed by atoms with Crippen LogP contribution in [-0.2, 0) is 0 Å². The van der Waals surface area contributed by atoms with Gasteiger partial charge in [0.25, 0.3) is 5.91 Å². The molecule has 1 saturated carbocycles. The maximum atomic E-state index is 12.2. The molecule has 2 aliphatic rings. The molecule has 1 aromatic carbocycles. The topological polar surface area (TPSA) is 41.1 Å². The van der Waals surface area contributed by atoms with Crippen molar-refractivity contribution in [2.75, 3.05) is 13.1 Å². The number of fused-ring (bicyclic) bond motifs is 1. The molecule has 2 unspecified atom stereocenters. The number of amides is 1. The molecule has 3 rings (SSSR count). The van der Waals surface area contributed by atoms with Crippen molar-refractivity contribution in [3.8, 4) is 0 Å². The first-order valence-electron chi connectivity index (χ1n) is 5.95. The van der Waals surface area contributed by atoms with Gasteiger partial charge in [-0.3, -0.25) is 4.79 Å². The molecule has 1 aliphatic heterocycles. The highest BCUT2D eigenvalue weighted by Crippen LogP contribution is 2.41. The molecule has 0 spiro atoms. The van der Waals surface area contributed by atoms with Crippen LogP contribution in [0.15, 0.2) is 18.2 Å². The van der Waals surface area contributed by atoms with Crippen molar-refractivity contribution >= 4 is 40.9 Å². The number of piperidine rings is 1. The molecule has 2 atom stereocenters. The molecule has 5 heteroatoms. The molecule has 18 heavy (non-hydrogen) atoms. The quantitative estimate of drug-likeness (QED) is 0.773. The Hall–Kier alpha value is -0.330. The Bertz CT molecular complexity index is 470. The van der Waals surface area contributed by atoms with Gasteiger partial charge in [0.15, 0.2) is 0 Å². The van der Waals surface area contributed by atoms with Crippen molar-refractivity contribution in [1.82, 2.24) is 10.6 Å². The third kappa shape index (κ3) is 2.38. The second kappa shape index (κ2) is 5.35. The second-order valence-electron chi connectivity index (χ2n) is 4.92. The van der Waals surface area contributed by atoms with E-state index in [-0.39, 0.29) is 18.3 Å². The molecule has 0 aromatic heterocycles. The van der Waals surface area contributed by atoms with Gasteiger partial charge in [-0.05, 0) is 53.0 Å². The third-order valence-corrected chi connectivity index (χ3v) is 5.26. The molecule has 1 aliphatic carbocycles. The minimum Gasteiger partial charge on any atom is -0.349 e. The van der Waals surface area contributed by atoms with Crippen molar-refractivity contribution in [2.24, 2.45) is 11.8 Å². The maximum Gasteiger partial charge on any atom is 0.252 e. The summed E-state index contributed by atoms with van der Waals surface area (Å²) in [5.74, 6) is 1.42. The van der Waals surface area contributed by atoms with E-state index in [0.717, 1.165) is 27.8 Å². The molecular weight excluding hydrogens is 363 g/mol. The smallest absolute Gasteiger partial charge is 0.252 e. The van der Waals surface area contributed by atoms with Crippen molar-refractivity contribution in [1.29, 1.82) is 0 Å². The molecule has 2 fully saturated rings. The minimum atomic E-state index is 0. The highest BCUT2D eigenvalue weighted by molar-refractivity contribution is 14.1. The van der Waals surface area contributed by atoms with E-state index in [0.29, 0.717) is 17.9 Å². The Morgan fingerprint density at radius 2 is 2.06 bits per heavy atom. The van der Waals surface area contributed by atoms with E-state index < -0.39 is 0 Å². The van der Waals surface area contributed by atoms with Crippen LogP contribution in [0, 0.1) is 22.3 Å². The third-order valence-electron chi connectivity index (χ3n) is 3.83. The Morgan fingerprint density at radius 1 is 1.39 bits per heavy atom. The molecule has 1 aromatic rings. The highest BCUT2D eigenvalue weighted by Gasteiger charge is 2.53. The van der Waals surface area contributed by atoms with Gasteiger partial charge in [-0.2, -0.15) is 0 Å². The zero-order valence-electron chi connectivity index (χ0n) is 10.1. The van der Waals surface area contributed by atoms with E-state index in [9.17, 15) is 4.79 Å².